The first-order valence-electron chi connectivity index (χ1n) is 7.11. The summed E-state index contributed by atoms with van der Waals surface area (Å²) < 4.78 is 4.72. The molecule has 5 nitrogen and oxygen atoms in total. The Bertz CT molecular complexity index is 615. The van der Waals surface area contributed by atoms with E-state index in [1.807, 2.05) is 6.07 Å². The second kappa shape index (κ2) is 5.53. The Morgan fingerprint density at radius 3 is 2.90 bits per heavy atom. The summed E-state index contributed by atoms with van der Waals surface area (Å²) in [7, 11) is 1.38. The van der Waals surface area contributed by atoms with Crippen molar-refractivity contribution in [2.45, 2.75) is 38.1 Å². The van der Waals surface area contributed by atoms with Gasteiger partial charge in [0, 0.05) is 6.04 Å². The van der Waals surface area contributed by atoms with E-state index in [0.29, 0.717) is 11.6 Å². The molecule has 20 heavy (non-hydrogen) atoms. The van der Waals surface area contributed by atoms with Gasteiger partial charge >= 0.3 is 5.97 Å². The van der Waals surface area contributed by atoms with Gasteiger partial charge in [0.1, 0.15) is 0 Å². The van der Waals surface area contributed by atoms with Crippen LogP contribution in [0.15, 0.2) is 18.2 Å². The van der Waals surface area contributed by atoms with Crippen molar-refractivity contribution in [2.24, 2.45) is 0 Å². The van der Waals surface area contributed by atoms with Gasteiger partial charge in [0.25, 0.3) is 0 Å². The first-order valence-corrected chi connectivity index (χ1v) is 7.11. The number of hydrogen-bond donors (Lipinski definition) is 2. The Balaban J connectivity index is 1.81. The van der Waals surface area contributed by atoms with Crippen LogP contribution in [0, 0.1) is 0 Å². The fourth-order valence-corrected chi connectivity index (χ4v) is 2.76. The molecule has 1 saturated carbocycles. The quantitative estimate of drug-likeness (QED) is 0.843. The number of benzene rings is 1. The van der Waals surface area contributed by atoms with Crippen LogP contribution in [0.25, 0.3) is 11.0 Å². The van der Waals surface area contributed by atoms with E-state index in [0.717, 1.165) is 17.0 Å². The van der Waals surface area contributed by atoms with Gasteiger partial charge in [-0.1, -0.05) is 19.3 Å². The highest BCUT2D eigenvalue weighted by Crippen LogP contribution is 2.22. The molecular weight excluding hydrogens is 254 g/mol. The van der Waals surface area contributed by atoms with Gasteiger partial charge in [0.05, 0.1) is 23.7 Å². The van der Waals surface area contributed by atoms with Crippen LogP contribution in [-0.4, -0.2) is 29.1 Å². The number of fused-ring (bicyclic) bond motifs is 1. The van der Waals surface area contributed by atoms with Crippen LogP contribution in [0.3, 0.4) is 0 Å². The van der Waals surface area contributed by atoms with Crippen molar-refractivity contribution in [2.75, 3.05) is 12.4 Å². The molecule has 0 atom stereocenters. The fraction of sp³-hybridized carbons (Fsp3) is 0.467. The van der Waals surface area contributed by atoms with Gasteiger partial charge in [-0.25, -0.2) is 9.78 Å². The van der Waals surface area contributed by atoms with Crippen molar-refractivity contribution in [3.05, 3.63) is 23.8 Å². The van der Waals surface area contributed by atoms with Crippen molar-refractivity contribution < 1.29 is 9.53 Å². The Kier molecular flexibility index (Phi) is 3.58. The zero-order valence-corrected chi connectivity index (χ0v) is 11.6. The molecule has 0 saturated heterocycles. The lowest BCUT2D eigenvalue weighted by molar-refractivity contribution is 0.0601. The number of carbonyl (C=O) groups excluding carboxylic acids is 1. The molecule has 0 bridgehead atoms. The maximum absolute atomic E-state index is 11.5. The SMILES string of the molecule is COC(=O)c1ccc2nc(NC3CCCCC3)[nH]c2c1. The summed E-state index contributed by atoms with van der Waals surface area (Å²) in [5, 5.41) is 3.45. The molecule has 1 fully saturated rings. The summed E-state index contributed by atoms with van der Waals surface area (Å²) >= 11 is 0. The molecule has 1 aliphatic carbocycles. The molecule has 1 heterocycles. The minimum absolute atomic E-state index is 0.330. The maximum Gasteiger partial charge on any atom is 0.337 e. The molecule has 5 heteroatoms. The fourth-order valence-electron chi connectivity index (χ4n) is 2.76. The summed E-state index contributed by atoms with van der Waals surface area (Å²) in [6.45, 7) is 0. The lowest BCUT2D eigenvalue weighted by Crippen LogP contribution is -2.22. The van der Waals surface area contributed by atoms with Crippen molar-refractivity contribution in [1.82, 2.24) is 9.97 Å². The summed E-state index contributed by atoms with van der Waals surface area (Å²) in [4.78, 5) is 19.3. The molecule has 0 aliphatic heterocycles. The number of hydrogen-bond acceptors (Lipinski definition) is 4. The van der Waals surface area contributed by atoms with Crippen LogP contribution in [-0.2, 0) is 4.74 Å². The molecule has 1 aliphatic rings. The minimum atomic E-state index is -0.330. The topological polar surface area (TPSA) is 67.0 Å². The van der Waals surface area contributed by atoms with Crippen molar-refractivity contribution >= 4 is 23.0 Å². The number of H-pyrrole nitrogens is 1. The average Bonchev–Trinajstić information content (AvgIpc) is 2.88. The van der Waals surface area contributed by atoms with Crippen LogP contribution in [0.2, 0.25) is 0 Å². The third-order valence-corrected chi connectivity index (χ3v) is 3.85. The second-order valence-electron chi connectivity index (χ2n) is 5.29. The van der Waals surface area contributed by atoms with Gasteiger partial charge in [0.2, 0.25) is 5.95 Å². The van der Waals surface area contributed by atoms with Crippen molar-refractivity contribution in [3.8, 4) is 0 Å². The maximum atomic E-state index is 11.5. The van der Waals surface area contributed by atoms with Crippen LogP contribution in [0.1, 0.15) is 42.5 Å². The Labute approximate surface area is 117 Å². The molecule has 1 aromatic carbocycles. The number of imidazole rings is 1. The summed E-state index contributed by atoms with van der Waals surface area (Å²) in [5.41, 5.74) is 2.25. The predicted octanol–water partition coefficient (Wildman–Crippen LogP) is 3.09. The minimum Gasteiger partial charge on any atom is -0.465 e. The normalized spacial score (nSPS) is 16.2. The molecule has 1 aromatic heterocycles. The van der Waals surface area contributed by atoms with E-state index in [9.17, 15) is 4.79 Å². The monoisotopic (exact) mass is 273 g/mol. The molecule has 0 radical (unpaired) electrons. The molecule has 0 spiro atoms. The molecule has 2 aromatic rings. The third-order valence-electron chi connectivity index (χ3n) is 3.85. The van der Waals surface area contributed by atoms with Crippen LogP contribution in [0.5, 0.6) is 0 Å². The smallest absolute Gasteiger partial charge is 0.337 e. The number of ether oxygens (including phenoxy) is 1. The number of esters is 1. The highest BCUT2D eigenvalue weighted by molar-refractivity contribution is 5.93. The lowest BCUT2D eigenvalue weighted by atomic mass is 9.96. The molecule has 0 amide bonds. The summed E-state index contributed by atoms with van der Waals surface area (Å²) in [5.74, 6) is 0.456. The molecule has 0 unspecified atom stereocenters. The molecule has 106 valence electrons. The lowest BCUT2D eigenvalue weighted by Gasteiger charge is -2.22. The van der Waals surface area contributed by atoms with Gasteiger partial charge in [-0.2, -0.15) is 0 Å². The second-order valence-corrected chi connectivity index (χ2v) is 5.29. The van der Waals surface area contributed by atoms with Crippen LogP contribution in [0.4, 0.5) is 5.95 Å². The third kappa shape index (κ3) is 2.61. The molecule has 3 rings (SSSR count). The van der Waals surface area contributed by atoms with Crippen LogP contribution < -0.4 is 5.32 Å². The predicted molar refractivity (Wildman–Crippen MR) is 77.9 cm³/mol. The van der Waals surface area contributed by atoms with E-state index in [1.54, 1.807) is 12.1 Å². The van der Waals surface area contributed by atoms with E-state index in [1.165, 1.54) is 39.2 Å². The largest absolute Gasteiger partial charge is 0.465 e. The van der Waals surface area contributed by atoms with E-state index in [4.69, 9.17) is 4.74 Å². The number of nitrogens with zero attached hydrogens (tertiary/aromatic N) is 1. The van der Waals surface area contributed by atoms with Crippen LogP contribution >= 0.6 is 0 Å². The first kappa shape index (κ1) is 13.0. The molecule has 2 N–H and O–H groups in total. The highest BCUT2D eigenvalue weighted by Gasteiger charge is 2.15. The summed E-state index contributed by atoms with van der Waals surface area (Å²) in [6, 6.07) is 5.86. The number of aromatic nitrogens is 2. The van der Waals surface area contributed by atoms with Gasteiger partial charge < -0.3 is 15.0 Å². The Morgan fingerprint density at radius 2 is 2.15 bits per heavy atom. The number of methoxy groups -OCH3 is 1. The van der Waals surface area contributed by atoms with E-state index < -0.39 is 0 Å². The zero-order valence-electron chi connectivity index (χ0n) is 11.6. The number of rotatable bonds is 3. The summed E-state index contributed by atoms with van der Waals surface area (Å²) in [6.07, 6.45) is 6.30. The molecular formula is C15H19N3O2. The van der Waals surface area contributed by atoms with Gasteiger partial charge in [0.15, 0.2) is 0 Å². The van der Waals surface area contributed by atoms with Gasteiger partial charge in [-0.05, 0) is 31.0 Å². The number of aromatic amines is 1. The van der Waals surface area contributed by atoms with Gasteiger partial charge in [-0.3, -0.25) is 0 Å². The van der Waals surface area contributed by atoms with E-state index in [2.05, 4.69) is 15.3 Å². The number of carbonyl (C=O) groups is 1. The Hall–Kier alpha value is -2.04. The van der Waals surface area contributed by atoms with E-state index >= 15 is 0 Å². The zero-order chi connectivity index (χ0) is 13.9. The average molecular weight is 273 g/mol. The highest BCUT2D eigenvalue weighted by atomic mass is 16.5. The number of nitrogens with one attached hydrogen (secondary N) is 2. The standard InChI is InChI=1S/C15H19N3O2/c1-20-14(19)10-7-8-12-13(9-10)18-15(17-12)16-11-5-3-2-4-6-11/h7-9,11H,2-6H2,1H3,(H2,16,17,18). The first-order chi connectivity index (χ1) is 9.76. The van der Waals surface area contributed by atoms with Gasteiger partial charge in [-0.15, -0.1) is 0 Å². The number of anilines is 1. The van der Waals surface area contributed by atoms with E-state index in [-0.39, 0.29) is 5.97 Å². The Morgan fingerprint density at radius 1 is 1.35 bits per heavy atom. The van der Waals surface area contributed by atoms with Crippen molar-refractivity contribution in [3.63, 3.8) is 0 Å². The van der Waals surface area contributed by atoms with Crippen molar-refractivity contribution in [1.29, 1.82) is 0 Å².